The van der Waals surface area contributed by atoms with Crippen molar-refractivity contribution in [2.24, 2.45) is 0 Å². The summed E-state index contributed by atoms with van der Waals surface area (Å²) in [6.45, 7) is -0.0514. The number of nitrogens with zero attached hydrogens (tertiary/aromatic N) is 6. The molecule has 0 bridgehead atoms. The molecule has 0 fully saturated rings. The molecule has 0 atom stereocenters. The number of fused-ring (bicyclic) bond motifs is 2. The number of para-hydroxylation sites is 1. The predicted molar refractivity (Wildman–Crippen MR) is 130 cm³/mol. The number of hydrogen-bond donors (Lipinski definition) is 1. The number of aromatic nitrogens is 3. The predicted octanol–water partition coefficient (Wildman–Crippen LogP) is 3.22. The van der Waals surface area contributed by atoms with E-state index >= 15 is 0 Å². The fourth-order valence-corrected chi connectivity index (χ4v) is 4.09. The number of carbonyl (C=O) groups excluding carboxylic acids is 3. The van der Waals surface area contributed by atoms with Gasteiger partial charge in [0.15, 0.2) is 11.6 Å². The van der Waals surface area contributed by atoms with E-state index in [0.29, 0.717) is 5.82 Å². The van der Waals surface area contributed by atoms with Crippen LogP contribution in [0.5, 0.6) is 0 Å². The Morgan fingerprint density at radius 1 is 1.08 bits per heavy atom. The molecule has 0 aliphatic carbocycles. The number of imide groups is 1. The van der Waals surface area contributed by atoms with E-state index in [1.807, 2.05) is 36.4 Å². The molecule has 12 nitrogen and oxygen atoms in total. The van der Waals surface area contributed by atoms with Crippen molar-refractivity contribution in [2.45, 2.75) is 12.8 Å². The quantitative estimate of drug-likeness (QED) is 0.232. The Bertz CT molecular complexity index is 1650. The number of rotatable bonds is 7. The smallest absolute Gasteiger partial charge is 0.270 e. The summed E-state index contributed by atoms with van der Waals surface area (Å²) in [6.07, 6.45) is 1.41. The number of anilines is 1. The van der Waals surface area contributed by atoms with Crippen molar-refractivity contribution in [1.82, 2.24) is 19.7 Å². The highest BCUT2D eigenvalue weighted by Crippen LogP contribution is 2.27. The van der Waals surface area contributed by atoms with Gasteiger partial charge in [-0.25, -0.2) is 4.98 Å². The molecule has 5 rings (SSSR count). The Kier molecular flexibility index (Phi) is 5.86. The van der Waals surface area contributed by atoms with E-state index in [-0.39, 0.29) is 47.6 Å². The number of nitro benzene ring substituents is 1. The minimum absolute atomic E-state index is 0.0332. The number of pyridine rings is 1. The van der Waals surface area contributed by atoms with Crippen LogP contribution in [0.2, 0.25) is 0 Å². The Morgan fingerprint density at radius 3 is 2.65 bits per heavy atom. The van der Waals surface area contributed by atoms with E-state index in [4.69, 9.17) is 0 Å². The first-order valence-corrected chi connectivity index (χ1v) is 11.2. The molecule has 1 aliphatic heterocycles. The number of hydrogen-bond acceptors (Lipinski definition) is 8. The summed E-state index contributed by atoms with van der Waals surface area (Å²) in [7, 11) is 0. The summed E-state index contributed by atoms with van der Waals surface area (Å²) in [5.74, 6) is -1.09. The van der Waals surface area contributed by atoms with Crippen molar-refractivity contribution < 1.29 is 19.3 Å². The maximum absolute atomic E-state index is 12.7. The Labute approximate surface area is 208 Å². The van der Waals surface area contributed by atoms with E-state index in [9.17, 15) is 29.8 Å². The van der Waals surface area contributed by atoms with Crippen LogP contribution in [-0.2, 0) is 4.79 Å². The standard InChI is InChI=1S/C25H17N7O5/c26-13-16-14-27-31(21-10-7-15-4-1-2-5-20(15)28-21)23(16)29-22(33)6-3-11-30-24(34)18-9-8-17(32(36)37)12-19(18)25(30)35/h1-2,4-5,7-10,12,14H,3,6,11H2,(H,29,33). The van der Waals surface area contributed by atoms with Crippen molar-refractivity contribution in [3.8, 4) is 11.9 Å². The zero-order valence-electron chi connectivity index (χ0n) is 19.1. The minimum atomic E-state index is -0.642. The van der Waals surface area contributed by atoms with E-state index in [1.165, 1.54) is 23.0 Å². The molecule has 12 heteroatoms. The zero-order valence-corrected chi connectivity index (χ0v) is 19.1. The van der Waals surface area contributed by atoms with Gasteiger partial charge in [-0.2, -0.15) is 15.0 Å². The van der Waals surface area contributed by atoms with Crippen molar-refractivity contribution in [3.05, 3.63) is 87.6 Å². The molecule has 3 heterocycles. The van der Waals surface area contributed by atoms with Crippen LogP contribution in [0.1, 0.15) is 39.1 Å². The SMILES string of the molecule is N#Cc1cnn(-c2ccc3ccccc3n2)c1NC(=O)CCCN1C(=O)c2ccc([N+](=O)[O-])cc2C1=O. The van der Waals surface area contributed by atoms with Gasteiger partial charge in [0.2, 0.25) is 5.91 Å². The molecule has 37 heavy (non-hydrogen) atoms. The number of nitro groups is 1. The van der Waals surface area contributed by atoms with E-state index in [0.717, 1.165) is 21.9 Å². The fourth-order valence-electron chi connectivity index (χ4n) is 4.09. The molecule has 0 saturated carbocycles. The summed E-state index contributed by atoms with van der Waals surface area (Å²) in [4.78, 5) is 53.8. The molecule has 182 valence electrons. The van der Waals surface area contributed by atoms with Crippen LogP contribution in [0.3, 0.4) is 0 Å². The normalized spacial score (nSPS) is 12.5. The third kappa shape index (κ3) is 4.25. The van der Waals surface area contributed by atoms with Crippen LogP contribution >= 0.6 is 0 Å². The summed E-state index contributed by atoms with van der Waals surface area (Å²) in [6, 6.07) is 16.6. The molecule has 1 N–H and O–H groups in total. The van der Waals surface area contributed by atoms with Crippen LogP contribution in [0.15, 0.2) is 60.8 Å². The number of benzene rings is 2. The average Bonchev–Trinajstić information content (AvgIpc) is 3.41. The molecular weight excluding hydrogens is 478 g/mol. The largest absolute Gasteiger partial charge is 0.309 e. The Balaban J connectivity index is 1.27. The number of nitrogens with one attached hydrogen (secondary N) is 1. The van der Waals surface area contributed by atoms with Gasteiger partial charge in [-0.05, 0) is 30.7 Å². The first kappa shape index (κ1) is 23.3. The molecule has 3 amide bonds. The highest BCUT2D eigenvalue weighted by molar-refractivity contribution is 6.21. The lowest BCUT2D eigenvalue weighted by Crippen LogP contribution is -2.31. The van der Waals surface area contributed by atoms with Gasteiger partial charge in [0.1, 0.15) is 11.6 Å². The highest BCUT2D eigenvalue weighted by atomic mass is 16.6. The lowest BCUT2D eigenvalue weighted by atomic mass is 10.1. The lowest BCUT2D eigenvalue weighted by molar-refractivity contribution is -0.384. The van der Waals surface area contributed by atoms with Gasteiger partial charge in [0, 0.05) is 30.5 Å². The minimum Gasteiger partial charge on any atom is -0.309 e. The van der Waals surface area contributed by atoms with Gasteiger partial charge < -0.3 is 5.32 Å². The number of amides is 3. The van der Waals surface area contributed by atoms with Crippen molar-refractivity contribution in [3.63, 3.8) is 0 Å². The fraction of sp³-hybridized carbons (Fsp3) is 0.120. The Hall–Kier alpha value is -5.44. The van der Waals surface area contributed by atoms with E-state index < -0.39 is 22.6 Å². The van der Waals surface area contributed by atoms with Crippen LogP contribution in [-0.4, -0.2) is 48.9 Å². The third-order valence-corrected chi connectivity index (χ3v) is 5.90. The number of non-ortho nitro benzene ring substituents is 1. The molecule has 0 spiro atoms. The van der Waals surface area contributed by atoms with Crippen LogP contribution in [0.25, 0.3) is 16.7 Å². The van der Waals surface area contributed by atoms with Gasteiger partial charge in [-0.3, -0.25) is 29.4 Å². The summed E-state index contributed by atoms with van der Waals surface area (Å²) >= 11 is 0. The summed E-state index contributed by atoms with van der Waals surface area (Å²) < 4.78 is 1.36. The van der Waals surface area contributed by atoms with Crippen LogP contribution in [0, 0.1) is 21.4 Å². The van der Waals surface area contributed by atoms with Gasteiger partial charge in [0.25, 0.3) is 17.5 Å². The van der Waals surface area contributed by atoms with Crippen molar-refractivity contribution in [2.75, 3.05) is 11.9 Å². The molecule has 2 aromatic heterocycles. The molecule has 2 aromatic carbocycles. The second-order valence-corrected chi connectivity index (χ2v) is 8.19. The molecule has 0 saturated heterocycles. The van der Waals surface area contributed by atoms with Gasteiger partial charge in [-0.15, -0.1) is 0 Å². The summed E-state index contributed by atoms with van der Waals surface area (Å²) in [5, 5.41) is 28.3. The first-order chi connectivity index (χ1) is 17.9. The summed E-state index contributed by atoms with van der Waals surface area (Å²) in [5.41, 5.74) is 0.634. The van der Waals surface area contributed by atoms with Crippen molar-refractivity contribution >= 4 is 40.1 Å². The molecule has 1 aliphatic rings. The second kappa shape index (κ2) is 9.31. The van der Waals surface area contributed by atoms with Crippen molar-refractivity contribution in [1.29, 1.82) is 5.26 Å². The zero-order chi connectivity index (χ0) is 26.1. The average molecular weight is 495 g/mol. The molecule has 4 aromatic rings. The lowest BCUT2D eigenvalue weighted by Gasteiger charge is -2.14. The Morgan fingerprint density at radius 2 is 1.86 bits per heavy atom. The van der Waals surface area contributed by atoms with Crippen LogP contribution in [0.4, 0.5) is 11.5 Å². The van der Waals surface area contributed by atoms with E-state index in [2.05, 4.69) is 15.4 Å². The third-order valence-electron chi connectivity index (χ3n) is 5.90. The molecule has 0 radical (unpaired) electrons. The number of carbonyl (C=O) groups is 3. The van der Waals surface area contributed by atoms with Crippen LogP contribution < -0.4 is 5.32 Å². The topological polar surface area (TPSA) is 164 Å². The monoisotopic (exact) mass is 495 g/mol. The molecule has 0 unspecified atom stereocenters. The molecular formula is C25H17N7O5. The maximum atomic E-state index is 12.7. The van der Waals surface area contributed by atoms with E-state index in [1.54, 1.807) is 6.07 Å². The van der Waals surface area contributed by atoms with Gasteiger partial charge in [0.05, 0.1) is 27.8 Å². The van der Waals surface area contributed by atoms with Gasteiger partial charge >= 0.3 is 0 Å². The number of nitriles is 1. The second-order valence-electron chi connectivity index (χ2n) is 8.19. The highest BCUT2D eigenvalue weighted by Gasteiger charge is 2.36. The van der Waals surface area contributed by atoms with Gasteiger partial charge in [-0.1, -0.05) is 18.2 Å². The first-order valence-electron chi connectivity index (χ1n) is 11.2. The maximum Gasteiger partial charge on any atom is 0.270 e.